The van der Waals surface area contributed by atoms with E-state index >= 15 is 0 Å². The van der Waals surface area contributed by atoms with Crippen molar-refractivity contribution in [1.29, 1.82) is 0 Å². The number of pyridine rings is 1. The molecule has 3 heterocycles. The van der Waals surface area contributed by atoms with Crippen LogP contribution in [0, 0.1) is 0 Å². The molecule has 3 rings (SSSR count). The van der Waals surface area contributed by atoms with E-state index in [1.807, 2.05) is 12.4 Å². The first kappa shape index (κ1) is 11.2. The van der Waals surface area contributed by atoms with Crippen molar-refractivity contribution in [2.24, 2.45) is 0 Å². The van der Waals surface area contributed by atoms with Crippen molar-refractivity contribution < 1.29 is 0 Å². The molecule has 0 spiro atoms. The largest absolute Gasteiger partial charge is 0.310 e. The highest BCUT2D eigenvalue weighted by Gasteiger charge is 2.28. The van der Waals surface area contributed by atoms with Gasteiger partial charge in [-0.3, -0.25) is 4.98 Å². The molecular formula is C14H21N3. The number of likely N-dealkylation sites (tertiary alicyclic amines) is 1. The van der Waals surface area contributed by atoms with Crippen LogP contribution in [0.25, 0.3) is 0 Å². The molecule has 2 saturated heterocycles. The van der Waals surface area contributed by atoms with Gasteiger partial charge in [-0.2, -0.15) is 0 Å². The highest BCUT2D eigenvalue weighted by molar-refractivity contribution is 5.10. The number of fused-ring (bicyclic) bond motifs is 2. The SMILES string of the molecule is c1cc(CCN2CCC3CCC(C2)N3)ccn1. The predicted molar refractivity (Wildman–Crippen MR) is 68.9 cm³/mol. The van der Waals surface area contributed by atoms with Gasteiger partial charge >= 0.3 is 0 Å². The zero-order chi connectivity index (χ0) is 11.5. The minimum absolute atomic E-state index is 0.750. The van der Waals surface area contributed by atoms with Gasteiger partial charge in [0.1, 0.15) is 0 Å². The van der Waals surface area contributed by atoms with Crippen molar-refractivity contribution in [3.8, 4) is 0 Å². The Morgan fingerprint density at radius 3 is 2.88 bits per heavy atom. The third-order valence-corrected chi connectivity index (χ3v) is 4.07. The summed E-state index contributed by atoms with van der Waals surface area (Å²) in [4.78, 5) is 6.68. The number of hydrogen-bond donors (Lipinski definition) is 1. The van der Waals surface area contributed by atoms with Crippen molar-refractivity contribution in [3.05, 3.63) is 30.1 Å². The lowest BCUT2D eigenvalue weighted by molar-refractivity contribution is 0.262. The van der Waals surface area contributed by atoms with Crippen LogP contribution in [0.4, 0.5) is 0 Å². The van der Waals surface area contributed by atoms with Crippen molar-refractivity contribution in [2.75, 3.05) is 19.6 Å². The second kappa shape index (κ2) is 5.15. The smallest absolute Gasteiger partial charge is 0.0270 e. The summed E-state index contributed by atoms with van der Waals surface area (Å²) in [5.74, 6) is 0. The molecule has 2 atom stereocenters. The maximum atomic E-state index is 4.06. The number of aromatic nitrogens is 1. The monoisotopic (exact) mass is 231 g/mol. The molecule has 0 radical (unpaired) electrons. The van der Waals surface area contributed by atoms with E-state index in [1.54, 1.807) is 0 Å². The Kier molecular flexibility index (Phi) is 3.39. The van der Waals surface area contributed by atoms with Gasteiger partial charge in [-0.05, 0) is 49.9 Å². The Balaban J connectivity index is 1.52. The second-order valence-corrected chi connectivity index (χ2v) is 5.33. The molecule has 1 aromatic heterocycles. The van der Waals surface area contributed by atoms with Crippen molar-refractivity contribution in [3.63, 3.8) is 0 Å². The van der Waals surface area contributed by atoms with Crippen LogP contribution in [0.15, 0.2) is 24.5 Å². The van der Waals surface area contributed by atoms with Crippen LogP contribution in [-0.4, -0.2) is 41.6 Å². The molecule has 0 aromatic carbocycles. The van der Waals surface area contributed by atoms with Gasteiger partial charge in [-0.1, -0.05) is 0 Å². The molecule has 1 aromatic rings. The summed E-state index contributed by atoms with van der Waals surface area (Å²) >= 11 is 0. The van der Waals surface area contributed by atoms with Crippen molar-refractivity contribution in [1.82, 2.24) is 15.2 Å². The molecular weight excluding hydrogens is 210 g/mol. The molecule has 3 heteroatoms. The Labute approximate surface area is 103 Å². The molecule has 3 nitrogen and oxygen atoms in total. The van der Waals surface area contributed by atoms with E-state index in [9.17, 15) is 0 Å². The van der Waals surface area contributed by atoms with Crippen LogP contribution in [0.2, 0.25) is 0 Å². The van der Waals surface area contributed by atoms with E-state index in [0.29, 0.717) is 0 Å². The lowest BCUT2D eigenvalue weighted by Crippen LogP contribution is -2.36. The minimum Gasteiger partial charge on any atom is -0.310 e. The number of hydrogen-bond acceptors (Lipinski definition) is 3. The highest BCUT2D eigenvalue weighted by Crippen LogP contribution is 2.20. The predicted octanol–water partition coefficient (Wildman–Crippen LogP) is 1.45. The Hall–Kier alpha value is -0.930. The molecule has 0 aliphatic carbocycles. The number of nitrogens with zero attached hydrogens (tertiary/aromatic N) is 2. The molecule has 92 valence electrons. The van der Waals surface area contributed by atoms with E-state index in [2.05, 4.69) is 27.3 Å². The van der Waals surface area contributed by atoms with Gasteiger partial charge in [0.15, 0.2) is 0 Å². The van der Waals surface area contributed by atoms with Gasteiger partial charge in [0, 0.05) is 37.6 Å². The molecule has 17 heavy (non-hydrogen) atoms. The summed E-state index contributed by atoms with van der Waals surface area (Å²) < 4.78 is 0. The standard InChI is InChI=1S/C14H21N3/c1-2-14-11-17(10-6-13(1)16-14)9-5-12-3-7-15-8-4-12/h3-4,7-8,13-14,16H,1-2,5-6,9-11H2. The summed E-state index contributed by atoms with van der Waals surface area (Å²) in [6.07, 6.45) is 9.02. The molecule has 2 unspecified atom stereocenters. The third-order valence-electron chi connectivity index (χ3n) is 4.07. The summed E-state index contributed by atoms with van der Waals surface area (Å²) in [7, 11) is 0. The van der Waals surface area contributed by atoms with Crippen molar-refractivity contribution >= 4 is 0 Å². The Morgan fingerprint density at radius 1 is 1.18 bits per heavy atom. The Bertz CT molecular complexity index is 352. The highest BCUT2D eigenvalue weighted by atomic mass is 15.2. The van der Waals surface area contributed by atoms with Gasteiger partial charge < -0.3 is 10.2 Å². The van der Waals surface area contributed by atoms with Gasteiger partial charge in [0.25, 0.3) is 0 Å². The Morgan fingerprint density at radius 2 is 2.00 bits per heavy atom. The van der Waals surface area contributed by atoms with Gasteiger partial charge in [0.05, 0.1) is 0 Å². The zero-order valence-corrected chi connectivity index (χ0v) is 10.3. The fourth-order valence-corrected chi connectivity index (χ4v) is 3.06. The van der Waals surface area contributed by atoms with E-state index in [4.69, 9.17) is 0 Å². The summed E-state index contributed by atoms with van der Waals surface area (Å²) in [6, 6.07) is 5.80. The second-order valence-electron chi connectivity index (χ2n) is 5.33. The molecule has 2 aliphatic rings. The average molecular weight is 231 g/mol. The van der Waals surface area contributed by atoms with Crippen LogP contribution in [-0.2, 0) is 6.42 Å². The van der Waals surface area contributed by atoms with E-state index in [0.717, 1.165) is 18.5 Å². The first-order chi connectivity index (χ1) is 8.40. The fraction of sp³-hybridized carbons (Fsp3) is 0.643. The number of rotatable bonds is 3. The van der Waals surface area contributed by atoms with E-state index < -0.39 is 0 Å². The summed E-state index contributed by atoms with van der Waals surface area (Å²) in [6.45, 7) is 3.69. The number of nitrogens with one attached hydrogen (secondary N) is 1. The molecule has 2 aliphatic heterocycles. The molecule has 2 bridgehead atoms. The van der Waals surface area contributed by atoms with Gasteiger partial charge in [-0.15, -0.1) is 0 Å². The van der Waals surface area contributed by atoms with E-state index in [-0.39, 0.29) is 0 Å². The van der Waals surface area contributed by atoms with Crippen LogP contribution in [0.1, 0.15) is 24.8 Å². The lowest BCUT2D eigenvalue weighted by Gasteiger charge is -2.23. The quantitative estimate of drug-likeness (QED) is 0.853. The summed E-state index contributed by atoms with van der Waals surface area (Å²) in [5, 5.41) is 3.73. The average Bonchev–Trinajstić information content (AvgIpc) is 2.70. The molecule has 1 N–H and O–H groups in total. The lowest BCUT2D eigenvalue weighted by atomic mass is 10.1. The third kappa shape index (κ3) is 2.85. The van der Waals surface area contributed by atoms with Crippen LogP contribution in [0.3, 0.4) is 0 Å². The first-order valence-corrected chi connectivity index (χ1v) is 6.77. The molecule has 0 saturated carbocycles. The normalized spacial score (nSPS) is 29.2. The molecule has 2 fully saturated rings. The van der Waals surface area contributed by atoms with Gasteiger partial charge in [-0.25, -0.2) is 0 Å². The van der Waals surface area contributed by atoms with Crippen LogP contribution in [0.5, 0.6) is 0 Å². The van der Waals surface area contributed by atoms with Crippen LogP contribution < -0.4 is 5.32 Å². The summed E-state index contributed by atoms with van der Waals surface area (Å²) in [5.41, 5.74) is 1.40. The van der Waals surface area contributed by atoms with Crippen molar-refractivity contribution in [2.45, 2.75) is 37.8 Å². The minimum atomic E-state index is 0.750. The maximum absolute atomic E-state index is 4.06. The molecule has 0 amide bonds. The fourth-order valence-electron chi connectivity index (χ4n) is 3.06. The topological polar surface area (TPSA) is 28.2 Å². The maximum Gasteiger partial charge on any atom is 0.0270 e. The zero-order valence-electron chi connectivity index (χ0n) is 10.3. The van der Waals surface area contributed by atoms with Crippen LogP contribution >= 0.6 is 0 Å². The van der Waals surface area contributed by atoms with Gasteiger partial charge in [0.2, 0.25) is 0 Å². The first-order valence-electron chi connectivity index (χ1n) is 6.77. The van der Waals surface area contributed by atoms with E-state index in [1.165, 1.54) is 44.5 Å².